The van der Waals surface area contributed by atoms with Crippen molar-refractivity contribution in [2.45, 2.75) is 57.8 Å². The predicted octanol–water partition coefficient (Wildman–Crippen LogP) is 23.0. The molecule has 0 spiro atoms. The number of nitrogens with zero attached hydrogens (tertiary/aromatic N) is 15. The Kier molecular flexibility index (Phi) is 31.2. The highest BCUT2D eigenvalue weighted by atomic mass is 35.5. The van der Waals surface area contributed by atoms with Crippen LogP contribution in [0.5, 0.6) is 0 Å². The van der Waals surface area contributed by atoms with Crippen LogP contribution in [-0.2, 0) is 13.5 Å². The first-order chi connectivity index (χ1) is 61.2. The molecule has 0 saturated heterocycles. The van der Waals surface area contributed by atoms with Gasteiger partial charge in [-0.15, -0.1) is 45.3 Å². The highest BCUT2D eigenvalue weighted by Crippen LogP contribution is 2.30. The van der Waals surface area contributed by atoms with Gasteiger partial charge in [-0.1, -0.05) is 104 Å². The number of aromatic nitrogens is 15. The molecule has 0 unspecified atom stereocenters. The molecule has 0 bridgehead atoms. The van der Waals surface area contributed by atoms with Gasteiger partial charge in [0.2, 0.25) is 11.8 Å². The molecule has 125 heavy (non-hydrogen) atoms. The number of hydrogen-bond acceptors (Lipinski definition) is 19. The van der Waals surface area contributed by atoms with Gasteiger partial charge in [0, 0.05) is 111 Å². The van der Waals surface area contributed by atoms with E-state index in [9.17, 15) is 28.8 Å². The zero-order valence-corrected chi connectivity index (χ0v) is 72.6. The maximum atomic E-state index is 12.6. The van der Waals surface area contributed by atoms with Crippen LogP contribution in [-0.4, -0.2) is 108 Å². The fourth-order valence-corrected chi connectivity index (χ4v) is 15.9. The molecule has 2 fully saturated rings. The van der Waals surface area contributed by atoms with Crippen LogP contribution >= 0.6 is 68.3 Å². The minimum Gasteiger partial charge on any atom is -0.465 e. The van der Waals surface area contributed by atoms with Crippen molar-refractivity contribution in [1.29, 1.82) is 0 Å². The summed E-state index contributed by atoms with van der Waals surface area (Å²) in [6, 6.07) is 62.6. The molecule has 19 rings (SSSR count). The molecule has 0 N–H and O–H groups in total. The zero-order chi connectivity index (χ0) is 86.3. The summed E-state index contributed by atoms with van der Waals surface area (Å²) in [5, 5.41) is 42.4. The summed E-state index contributed by atoms with van der Waals surface area (Å²) in [7, 11) is 1.83. The number of hydrogen-bond donors (Lipinski definition) is 0. The Hall–Kier alpha value is -14.1. The van der Waals surface area contributed by atoms with E-state index in [2.05, 4.69) is 47.8 Å². The Labute approximate surface area is 746 Å². The van der Waals surface area contributed by atoms with Crippen molar-refractivity contribution in [3.05, 3.63) is 387 Å². The van der Waals surface area contributed by atoms with Crippen LogP contribution in [0, 0.1) is 11.8 Å². The molecule has 17 aromatic rings. The van der Waals surface area contributed by atoms with E-state index in [1.54, 1.807) is 159 Å². The topological polar surface area (TPSA) is 245 Å². The Morgan fingerprint density at radius 2 is 0.896 bits per heavy atom. The van der Waals surface area contributed by atoms with E-state index in [0.29, 0.717) is 46.3 Å². The lowest BCUT2D eigenvalue weighted by Gasteiger charge is -2.22. The van der Waals surface area contributed by atoms with Gasteiger partial charge in [-0.2, -0.15) is 47.0 Å². The summed E-state index contributed by atoms with van der Waals surface area (Å²) in [5.74, 6) is 1.26. The van der Waals surface area contributed by atoms with Crippen molar-refractivity contribution in [2.75, 3.05) is 0 Å². The highest BCUT2D eigenvalue weighted by molar-refractivity contribution is 7.11. The second kappa shape index (κ2) is 44.7. The molecular weight excluding hydrogens is 1680 g/mol. The van der Waals surface area contributed by atoms with Crippen molar-refractivity contribution < 1.29 is 33.2 Å². The van der Waals surface area contributed by atoms with E-state index < -0.39 is 0 Å². The highest BCUT2D eigenvalue weighted by Gasteiger charge is 2.27. The maximum absolute atomic E-state index is 12.6. The minimum absolute atomic E-state index is 0.0712. The van der Waals surface area contributed by atoms with Gasteiger partial charge in [0.1, 0.15) is 11.5 Å². The second-order valence-corrected chi connectivity index (χ2v) is 33.6. The third-order valence-corrected chi connectivity index (χ3v) is 23.8. The molecule has 0 amide bonds. The molecule has 3 aromatic carbocycles. The zero-order valence-electron chi connectivity index (χ0n) is 67.7. The van der Waals surface area contributed by atoms with Gasteiger partial charge in [0.25, 0.3) is 23.6 Å². The van der Waals surface area contributed by atoms with Gasteiger partial charge in [-0.3, -0.25) is 28.8 Å². The van der Waals surface area contributed by atoms with Crippen molar-refractivity contribution in [3.8, 4) is 5.69 Å². The quantitative estimate of drug-likeness (QED) is 0.0649. The first-order valence-corrected chi connectivity index (χ1v) is 44.9. The number of carbonyl (C=O) groups excluding carboxylic acids is 6. The van der Waals surface area contributed by atoms with Crippen molar-refractivity contribution in [3.63, 3.8) is 0 Å². The van der Waals surface area contributed by atoms with Crippen LogP contribution in [0.25, 0.3) is 78.6 Å². The Bertz CT molecular complexity index is 6420. The van der Waals surface area contributed by atoms with Crippen LogP contribution in [0.1, 0.15) is 168 Å². The van der Waals surface area contributed by atoms with E-state index in [4.69, 9.17) is 16.0 Å². The molecule has 28 heteroatoms. The number of aryl methyl sites for hydroxylation is 1. The number of carbonyl (C=O) groups is 6. The number of benzene rings is 3. The van der Waals surface area contributed by atoms with Crippen molar-refractivity contribution >= 4 is 177 Å². The standard InChI is InChI=1S/C21H16N4O.C17H13ClN2OS.C16H18N2OS.C15H13N3O2.C14H10N2OS2.C14H14N2OS/c26-21(18-8-11-20(12-9-18)24-15-4-14-22-24)25-16-13-19(23-25)10-7-17-5-2-1-3-6-17;18-14-5-3-13(4-6-14)12-17(21)20-10-9-15(19-20)7-8-16-2-1-11-22-16;19-16(12-13-4-1-2-5-13)18-10-9-14(17-18)7-8-15-6-3-11-20-15;1-17-9-2-5-14(17)15(19)18-10-8-12(16-18)6-7-13-4-3-11-20-13;17-14(11-6-9-18-10-11)16-7-5-12(15-16)3-4-13-2-1-8-19-13;17-14(11-3-1-4-11)16-9-8-12(15-16)6-7-13-5-2-10-18-13/h1-16H;1-11H,12H2;3,6-11,13H,1-2,4-5,12H2;2-11H,1H3;1-10H;2,5-11H,1,3-4H2/b10-7+;2*8-7+;7-6+;4-3+;7-6+. The average molecular weight is 1770 g/mol. The lowest BCUT2D eigenvalue weighted by molar-refractivity contribution is 0.0745. The Morgan fingerprint density at radius 3 is 1.36 bits per heavy atom. The van der Waals surface area contributed by atoms with E-state index in [0.717, 1.165) is 68.8 Å². The van der Waals surface area contributed by atoms with Crippen LogP contribution in [0.2, 0.25) is 5.02 Å². The number of halogens is 1. The number of thiophene rings is 5. The predicted molar refractivity (Wildman–Crippen MR) is 503 cm³/mol. The number of furan rings is 1. The molecule has 0 atom stereocenters. The van der Waals surface area contributed by atoms with Crippen molar-refractivity contribution in [1.82, 2.24) is 73.0 Å². The molecule has 14 heterocycles. The fraction of sp³-hybridized carbons (Fsp3) is 0.124. The van der Waals surface area contributed by atoms with Crippen LogP contribution in [0.4, 0.5) is 0 Å². The van der Waals surface area contributed by atoms with E-state index in [-0.39, 0.29) is 41.4 Å². The lowest BCUT2D eigenvalue weighted by Crippen LogP contribution is -2.27. The van der Waals surface area contributed by atoms with Gasteiger partial charge in [0.15, 0.2) is 0 Å². The molecule has 14 aromatic heterocycles. The molecule has 2 saturated carbocycles. The van der Waals surface area contributed by atoms with Gasteiger partial charge >= 0.3 is 0 Å². The summed E-state index contributed by atoms with van der Waals surface area (Å²) in [5.41, 5.74) is 9.37. The summed E-state index contributed by atoms with van der Waals surface area (Å²) in [6.07, 6.45) is 49.5. The summed E-state index contributed by atoms with van der Waals surface area (Å²) < 4.78 is 17.1. The third-order valence-electron chi connectivity index (χ3n) is 19.5. The SMILES string of the molecule is Cn1cccc1C(=O)n1ccc(/C=C/c2ccco2)n1.O=C(C1CCC1)n1ccc(/C=C/c2cccs2)n1.O=C(CC1CCCC1)n1ccc(/C=C/c2cccs2)n1.O=C(Cc1ccc(Cl)cc1)n1ccc(/C=C/c2cccs2)n1.O=C(c1ccc(-n2cccn2)cc1)n1ccc(/C=C/c2ccccc2)n1.O=C(c1ccsc1)n1ccc(/C=C/c2cccs2)n1. The van der Waals surface area contributed by atoms with Gasteiger partial charge in [-0.05, 0) is 270 Å². The molecule has 2 aliphatic rings. The van der Waals surface area contributed by atoms with E-state index in [1.165, 1.54) is 86.2 Å². The average Bonchev–Trinajstić information content (AvgIpc) is 1.89. The first kappa shape index (κ1) is 87.3. The summed E-state index contributed by atoms with van der Waals surface area (Å²) >= 11 is 14.0. The third kappa shape index (κ3) is 26.0. The molecule has 22 nitrogen and oxygen atoms in total. The largest absolute Gasteiger partial charge is 0.465 e. The molecule has 0 radical (unpaired) electrons. The molecule has 626 valence electrons. The molecule has 0 aliphatic heterocycles. The van der Waals surface area contributed by atoms with Crippen LogP contribution < -0.4 is 0 Å². The van der Waals surface area contributed by atoms with Crippen molar-refractivity contribution in [2.24, 2.45) is 18.9 Å². The molecule has 2 aliphatic carbocycles. The lowest BCUT2D eigenvalue weighted by atomic mass is 9.85. The summed E-state index contributed by atoms with van der Waals surface area (Å²) in [4.78, 5) is 77.8. The Morgan fingerprint density at radius 1 is 0.408 bits per heavy atom. The Balaban J connectivity index is 0.000000122. The monoisotopic (exact) mass is 1770 g/mol. The first-order valence-electron chi connectivity index (χ1n) is 40.1. The molecular formula is C97H84ClN15O7S5. The van der Waals surface area contributed by atoms with Crippen LogP contribution in [0.3, 0.4) is 0 Å². The van der Waals surface area contributed by atoms with Gasteiger partial charge < -0.3 is 8.98 Å². The second-order valence-electron chi connectivity index (χ2n) is 28.4. The minimum atomic E-state index is -0.170. The normalized spacial score (nSPS) is 12.7. The number of rotatable bonds is 21. The summed E-state index contributed by atoms with van der Waals surface area (Å²) in [6.45, 7) is 0. The van der Waals surface area contributed by atoms with E-state index in [1.807, 2.05) is 258 Å². The maximum Gasteiger partial charge on any atom is 0.294 e. The smallest absolute Gasteiger partial charge is 0.294 e. The van der Waals surface area contributed by atoms with Gasteiger partial charge in [0.05, 0.1) is 58.1 Å². The fourth-order valence-electron chi connectivity index (χ4n) is 12.7. The van der Waals surface area contributed by atoms with E-state index >= 15 is 0 Å². The van der Waals surface area contributed by atoms with Crippen LogP contribution in [0.15, 0.2) is 299 Å². The van der Waals surface area contributed by atoms with Gasteiger partial charge in [-0.25, -0.2) is 32.8 Å².